The van der Waals surface area contributed by atoms with Crippen LogP contribution in [0.4, 0.5) is 11.4 Å². The van der Waals surface area contributed by atoms with E-state index in [1.807, 2.05) is 25.2 Å². The highest BCUT2D eigenvalue weighted by Gasteiger charge is 1.94. The van der Waals surface area contributed by atoms with Gasteiger partial charge in [0.15, 0.2) is 0 Å². The molecule has 0 saturated heterocycles. The molecule has 0 fully saturated rings. The minimum absolute atomic E-state index is 0.769. The number of nitrogens with one attached hydrogen (secondary N) is 1. The Morgan fingerprint density at radius 3 is 2.70 bits per heavy atom. The predicted molar refractivity (Wildman–Crippen MR) is 48.1 cm³/mol. The van der Waals surface area contributed by atoms with E-state index in [0.29, 0.717) is 0 Å². The van der Waals surface area contributed by atoms with Crippen molar-refractivity contribution in [1.29, 1.82) is 0 Å². The number of nitrogens with two attached hydrogens (primary N) is 1. The van der Waals surface area contributed by atoms with Gasteiger partial charge in [0.2, 0.25) is 0 Å². The number of anilines is 2. The van der Waals surface area contributed by atoms with Gasteiger partial charge in [0.1, 0.15) is 0 Å². The zero-order valence-corrected chi connectivity index (χ0v) is 7.27. The van der Waals surface area contributed by atoms with Crippen LogP contribution >= 0.6 is 15.9 Å². The Morgan fingerprint density at radius 1 is 1.50 bits per heavy atom. The van der Waals surface area contributed by atoms with Crippen molar-refractivity contribution in [3.05, 3.63) is 22.7 Å². The first kappa shape index (κ1) is 7.41. The number of benzene rings is 1. The molecule has 0 radical (unpaired) electrons. The smallest absolute Gasteiger partial charge is 0.0483 e. The van der Waals surface area contributed by atoms with Crippen molar-refractivity contribution in [3.63, 3.8) is 0 Å². The Balaban J connectivity index is 3.07. The van der Waals surface area contributed by atoms with E-state index in [-0.39, 0.29) is 0 Å². The van der Waals surface area contributed by atoms with Crippen LogP contribution in [0.25, 0.3) is 0 Å². The van der Waals surface area contributed by atoms with Gasteiger partial charge in [-0.2, -0.15) is 0 Å². The molecule has 0 heterocycles. The van der Waals surface area contributed by atoms with Crippen molar-refractivity contribution in [2.45, 2.75) is 0 Å². The third-order valence-electron chi connectivity index (χ3n) is 1.26. The van der Waals surface area contributed by atoms with Gasteiger partial charge in [0, 0.05) is 22.9 Å². The third-order valence-corrected chi connectivity index (χ3v) is 1.92. The summed E-state index contributed by atoms with van der Waals surface area (Å²) in [6.07, 6.45) is 0. The van der Waals surface area contributed by atoms with Crippen LogP contribution in [0, 0.1) is 0 Å². The first-order chi connectivity index (χ1) is 4.74. The molecule has 0 aliphatic carbocycles. The molecule has 2 nitrogen and oxygen atoms in total. The van der Waals surface area contributed by atoms with E-state index in [4.69, 9.17) is 5.73 Å². The Labute approximate surface area is 68.6 Å². The highest BCUT2D eigenvalue weighted by atomic mass is 79.9. The molecular formula is C7H9BrN2. The van der Waals surface area contributed by atoms with Crippen LogP contribution in [0.1, 0.15) is 0 Å². The summed E-state index contributed by atoms with van der Waals surface area (Å²) >= 11 is 3.36. The zero-order valence-electron chi connectivity index (χ0n) is 5.69. The number of nitrogen functional groups attached to an aromatic ring is 1. The Morgan fingerprint density at radius 2 is 2.20 bits per heavy atom. The van der Waals surface area contributed by atoms with Crippen LogP contribution in [0.15, 0.2) is 22.7 Å². The van der Waals surface area contributed by atoms with Gasteiger partial charge >= 0.3 is 0 Å². The molecule has 3 N–H and O–H groups in total. The zero-order chi connectivity index (χ0) is 7.56. The van der Waals surface area contributed by atoms with Gasteiger partial charge < -0.3 is 11.1 Å². The third kappa shape index (κ3) is 1.42. The number of hydrogen-bond donors (Lipinski definition) is 2. The first-order valence-electron chi connectivity index (χ1n) is 2.97. The van der Waals surface area contributed by atoms with E-state index >= 15 is 0 Å². The predicted octanol–water partition coefficient (Wildman–Crippen LogP) is 2.07. The van der Waals surface area contributed by atoms with E-state index in [2.05, 4.69) is 21.2 Å². The largest absolute Gasteiger partial charge is 0.399 e. The van der Waals surface area contributed by atoms with Crippen LogP contribution in [0.3, 0.4) is 0 Å². The summed E-state index contributed by atoms with van der Waals surface area (Å²) in [5, 5.41) is 3.02. The maximum Gasteiger partial charge on any atom is 0.0483 e. The van der Waals surface area contributed by atoms with Crippen LogP contribution in [0.2, 0.25) is 0 Å². The molecule has 1 aromatic carbocycles. The molecule has 3 heteroatoms. The molecule has 0 saturated carbocycles. The molecule has 0 spiro atoms. The second-order valence-electron chi connectivity index (χ2n) is 1.99. The SMILES string of the molecule is CNc1ccc(N)cc1Br. The van der Waals surface area contributed by atoms with Gasteiger partial charge in [-0.05, 0) is 34.1 Å². The molecule has 54 valence electrons. The summed E-state index contributed by atoms with van der Waals surface area (Å²) in [6, 6.07) is 5.65. The second-order valence-corrected chi connectivity index (χ2v) is 2.84. The van der Waals surface area contributed by atoms with Crippen molar-refractivity contribution < 1.29 is 0 Å². The Kier molecular flexibility index (Phi) is 2.17. The normalized spacial score (nSPS) is 9.40. The summed E-state index contributed by atoms with van der Waals surface area (Å²) in [7, 11) is 1.87. The van der Waals surface area contributed by atoms with Crippen LogP contribution < -0.4 is 11.1 Å². The molecule has 0 unspecified atom stereocenters. The van der Waals surface area contributed by atoms with Crippen LogP contribution in [-0.4, -0.2) is 7.05 Å². The lowest BCUT2D eigenvalue weighted by Gasteiger charge is -2.02. The van der Waals surface area contributed by atoms with E-state index < -0.39 is 0 Å². The summed E-state index contributed by atoms with van der Waals surface area (Å²) in [5.41, 5.74) is 7.34. The molecule has 1 rings (SSSR count). The lowest BCUT2D eigenvalue weighted by atomic mass is 10.3. The van der Waals surface area contributed by atoms with Gasteiger partial charge in [-0.1, -0.05) is 0 Å². The Bertz CT molecular complexity index is 235. The maximum absolute atomic E-state index is 5.52. The van der Waals surface area contributed by atoms with Crippen molar-refractivity contribution in [3.8, 4) is 0 Å². The number of halogens is 1. The fourth-order valence-corrected chi connectivity index (χ4v) is 1.33. The average Bonchev–Trinajstić information content (AvgIpc) is 1.88. The fraction of sp³-hybridized carbons (Fsp3) is 0.143. The van der Waals surface area contributed by atoms with Gasteiger partial charge in [0.05, 0.1) is 0 Å². The number of hydrogen-bond acceptors (Lipinski definition) is 2. The van der Waals surface area contributed by atoms with Gasteiger partial charge in [0.25, 0.3) is 0 Å². The van der Waals surface area contributed by atoms with E-state index in [1.54, 1.807) is 0 Å². The summed E-state index contributed by atoms with van der Waals surface area (Å²) in [4.78, 5) is 0. The van der Waals surface area contributed by atoms with Gasteiger partial charge in [-0.3, -0.25) is 0 Å². The topological polar surface area (TPSA) is 38.0 Å². The molecule has 10 heavy (non-hydrogen) atoms. The molecule has 0 aromatic heterocycles. The minimum Gasteiger partial charge on any atom is -0.399 e. The molecule has 0 aliphatic rings. The monoisotopic (exact) mass is 200 g/mol. The maximum atomic E-state index is 5.52. The van der Waals surface area contributed by atoms with Crippen molar-refractivity contribution in [2.75, 3.05) is 18.1 Å². The average molecular weight is 201 g/mol. The highest BCUT2D eigenvalue weighted by molar-refractivity contribution is 9.10. The first-order valence-corrected chi connectivity index (χ1v) is 3.76. The summed E-state index contributed by atoms with van der Waals surface area (Å²) in [6.45, 7) is 0. The second kappa shape index (κ2) is 2.92. The molecule has 0 amide bonds. The molecule has 0 atom stereocenters. The van der Waals surface area contributed by atoms with E-state index in [0.717, 1.165) is 15.8 Å². The summed E-state index contributed by atoms with van der Waals surface area (Å²) in [5.74, 6) is 0. The highest BCUT2D eigenvalue weighted by Crippen LogP contribution is 2.23. The van der Waals surface area contributed by atoms with E-state index in [1.165, 1.54) is 0 Å². The molecular weight excluding hydrogens is 192 g/mol. The Hall–Kier alpha value is -0.700. The quantitative estimate of drug-likeness (QED) is 0.682. The lowest BCUT2D eigenvalue weighted by molar-refractivity contribution is 1.49. The van der Waals surface area contributed by atoms with Crippen molar-refractivity contribution >= 4 is 27.3 Å². The van der Waals surface area contributed by atoms with Gasteiger partial charge in [-0.25, -0.2) is 0 Å². The number of rotatable bonds is 1. The molecule has 0 aliphatic heterocycles. The van der Waals surface area contributed by atoms with Gasteiger partial charge in [-0.15, -0.1) is 0 Å². The minimum atomic E-state index is 0.769. The molecule has 1 aromatic rings. The van der Waals surface area contributed by atoms with Crippen molar-refractivity contribution in [1.82, 2.24) is 0 Å². The molecule has 0 bridgehead atoms. The lowest BCUT2D eigenvalue weighted by Crippen LogP contribution is -1.90. The standard InChI is InChI=1S/C7H9BrN2/c1-10-7-3-2-5(9)4-6(7)8/h2-4,10H,9H2,1H3. The van der Waals surface area contributed by atoms with Crippen LogP contribution in [0.5, 0.6) is 0 Å². The van der Waals surface area contributed by atoms with Crippen LogP contribution in [-0.2, 0) is 0 Å². The fourth-order valence-electron chi connectivity index (χ4n) is 0.734. The van der Waals surface area contributed by atoms with E-state index in [9.17, 15) is 0 Å². The van der Waals surface area contributed by atoms with Crippen molar-refractivity contribution in [2.24, 2.45) is 0 Å². The summed E-state index contributed by atoms with van der Waals surface area (Å²) < 4.78 is 0.995.